The summed E-state index contributed by atoms with van der Waals surface area (Å²) in [6.07, 6.45) is 26.8. The van der Waals surface area contributed by atoms with Crippen LogP contribution in [-0.4, -0.2) is 37.2 Å². The van der Waals surface area contributed by atoms with Gasteiger partial charge >= 0.3 is 17.9 Å². The maximum Gasteiger partial charge on any atom is 0.306 e. The van der Waals surface area contributed by atoms with E-state index in [1.807, 2.05) is 0 Å². The summed E-state index contributed by atoms with van der Waals surface area (Å²) in [4.78, 5) is 37.2. The third-order valence-corrected chi connectivity index (χ3v) is 9.19. The second-order valence-electron chi connectivity index (χ2n) is 13.7. The van der Waals surface area contributed by atoms with Crippen molar-refractivity contribution in [3.8, 4) is 0 Å². The van der Waals surface area contributed by atoms with Crippen LogP contribution in [0.15, 0.2) is 0 Å². The Morgan fingerprint density at radius 3 is 1.16 bits per heavy atom. The Hall–Kier alpha value is -1.59. The van der Waals surface area contributed by atoms with Crippen molar-refractivity contribution in [3.63, 3.8) is 0 Å². The molecule has 0 aliphatic heterocycles. The van der Waals surface area contributed by atoms with Crippen molar-refractivity contribution in [2.75, 3.05) is 13.2 Å². The Labute approximate surface area is 278 Å². The molecule has 266 valence electrons. The number of unbranched alkanes of at least 4 members (excludes halogenated alkanes) is 16. The summed E-state index contributed by atoms with van der Waals surface area (Å²) in [5, 5.41) is 0. The smallest absolute Gasteiger partial charge is 0.306 e. The predicted octanol–water partition coefficient (Wildman–Crippen LogP) is 11.5. The summed E-state index contributed by atoms with van der Waals surface area (Å²) < 4.78 is 16.5. The van der Waals surface area contributed by atoms with Gasteiger partial charge in [-0.3, -0.25) is 14.4 Å². The maximum absolute atomic E-state index is 12.6. The highest BCUT2D eigenvalue weighted by molar-refractivity contribution is 5.71. The maximum atomic E-state index is 12.6. The molecule has 0 saturated heterocycles. The minimum atomic E-state index is -0.758. The monoisotopic (exact) mass is 639 g/mol. The standard InChI is InChI=1S/C39H74O6/c1-6-9-10-17-24-29-37(40)43-32-36(45-39(42)31-26-21-16-15-19-23-28-35(5)8-3)33-44-38(41)30-25-20-14-12-11-13-18-22-27-34(4)7-2/h34-36H,6-33H2,1-5H3/t34?,35?,36-/m1/s1. The molecule has 45 heavy (non-hydrogen) atoms. The van der Waals surface area contributed by atoms with Crippen LogP contribution >= 0.6 is 0 Å². The van der Waals surface area contributed by atoms with Gasteiger partial charge < -0.3 is 14.2 Å². The zero-order valence-electron chi connectivity index (χ0n) is 30.5. The predicted molar refractivity (Wildman–Crippen MR) is 187 cm³/mol. The lowest BCUT2D eigenvalue weighted by atomic mass is 9.99. The van der Waals surface area contributed by atoms with Crippen molar-refractivity contribution >= 4 is 17.9 Å². The average Bonchev–Trinajstić information content (AvgIpc) is 3.03. The molecular formula is C39H74O6. The minimum absolute atomic E-state index is 0.0683. The zero-order valence-corrected chi connectivity index (χ0v) is 30.5. The van der Waals surface area contributed by atoms with E-state index in [1.165, 1.54) is 83.5 Å². The number of hydrogen-bond donors (Lipinski definition) is 0. The average molecular weight is 639 g/mol. The SMILES string of the molecule is CCCCCCCC(=O)OC[C@H](COC(=O)CCCCCCCCCCC(C)CC)OC(=O)CCCCCCCCC(C)CC. The number of rotatable bonds is 33. The molecule has 6 nitrogen and oxygen atoms in total. The van der Waals surface area contributed by atoms with Gasteiger partial charge in [0, 0.05) is 19.3 Å². The first-order chi connectivity index (χ1) is 21.8. The van der Waals surface area contributed by atoms with Crippen LogP contribution in [-0.2, 0) is 28.6 Å². The largest absolute Gasteiger partial charge is 0.462 e. The molecule has 0 aliphatic rings. The molecule has 0 aromatic heterocycles. The minimum Gasteiger partial charge on any atom is -0.462 e. The van der Waals surface area contributed by atoms with E-state index >= 15 is 0 Å². The Balaban J connectivity index is 4.31. The molecule has 0 aromatic rings. The summed E-state index contributed by atoms with van der Waals surface area (Å²) in [5.74, 6) is 0.773. The Morgan fingerprint density at radius 2 is 0.778 bits per heavy atom. The normalized spacial score (nSPS) is 13.3. The molecule has 2 unspecified atom stereocenters. The number of carbonyl (C=O) groups excluding carboxylic acids is 3. The van der Waals surface area contributed by atoms with E-state index in [-0.39, 0.29) is 31.1 Å². The summed E-state index contributed by atoms with van der Waals surface area (Å²) in [6, 6.07) is 0. The quantitative estimate of drug-likeness (QED) is 0.0404. The van der Waals surface area contributed by atoms with Gasteiger partial charge in [-0.25, -0.2) is 0 Å². The first-order valence-electron chi connectivity index (χ1n) is 19.3. The second kappa shape index (κ2) is 32.4. The van der Waals surface area contributed by atoms with Crippen LogP contribution in [0.4, 0.5) is 0 Å². The molecule has 0 radical (unpaired) electrons. The van der Waals surface area contributed by atoms with Crippen LogP contribution in [0, 0.1) is 11.8 Å². The molecule has 0 bridgehead atoms. The number of ether oxygens (including phenoxy) is 3. The topological polar surface area (TPSA) is 78.9 Å². The summed E-state index contributed by atoms with van der Waals surface area (Å²) in [6.45, 7) is 11.2. The van der Waals surface area contributed by atoms with Gasteiger partial charge in [0.25, 0.3) is 0 Å². The van der Waals surface area contributed by atoms with Gasteiger partial charge in [0.2, 0.25) is 0 Å². The first-order valence-corrected chi connectivity index (χ1v) is 19.3. The van der Waals surface area contributed by atoms with Crippen molar-refractivity contribution < 1.29 is 28.6 Å². The zero-order chi connectivity index (χ0) is 33.4. The van der Waals surface area contributed by atoms with Gasteiger partial charge in [-0.2, -0.15) is 0 Å². The molecule has 0 fully saturated rings. The number of esters is 3. The molecule has 0 aromatic carbocycles. The lowest BCUT2D eigenvalue weighted by Gasteiger charge is -2.18. The highest BCUT2D eigenvalue weighted by atomic mass is 16.6. The molecule has 0 rings (SSSR count). The van der Waals surface area contributed by atoms with E-state index in [1.54, 1.807) is 0 Å². The molecule has 0 amide bonds. The highest BCUT2D eigenvalue weighted by Crippen LogP contribution is 2.16. The fourth-order valence-electron chi connectivity index (χ4n) is 5.45. The summed E-state index contributed by atoms with van der Waals surface area (Å²) in [5.41, 5.74) is 0. The molecule has 0 N–H and O–H groups in total. The Bertz CT molecular complexity index is 693. The van der Waals surface area contributed by atoms with Crippen LogP contribution in [0.5, 0.6) is 0 Å². The van der Waals surface area contributed by atoms with E-state index in [0.29, 0.717) is 19.3 Å². The Kier molecular flexibility index (Phi) is 31.2. The van der Waals surface area contributed by atoms with Crippen molar-refractivity contribution in [3.05, 3.63) is 0 Å². The second-order valence-corrected chi connectivity index (χ2v) is 13.7. The van der Waals surface area contributed by atoms with Crippen LogP contribution in [0.1, 0.15) is 202 Å². The molecule has 0 aliphatic carbocycles. The first kappa shape index (κ1) is 43.4. The van der Waals surface area contributed by atoms with E-state index in [9.17, 15) is 14.4 Å². The van der Waals surface area contributed by atoms with E-state index in [4.69, 9.17) is 14.2 Å². The lowest BCUT2D eigenvalue weighted by molar-refractivity contribution is -0.167. The molecular weight excluding hydrogens is 564 g/mol. The van der Waals surface area contributed by atoms with Crippen molar-refractivity contribution in [2.24, 2.45) is 11.8 Å². The third kappa shape index (κ3) is 30.8. The van der Waals surface area contributed by atoms with Gasteiger partial charge in [-0.1, -0.05) is 163 Å². The molecule has 3 atom stereocenters. The van der Waals surface area contributed by atoms with Crippen LogP contribution in [0.25, 0.3) is 0 Å². The lowest BCUT2D eigenvalue weighted by Crippen LogP contribution is -2.30. The van der Waals surface area contributed by atoms with Gasteiger partial charge in [-0.15, -0.1) is 0 Å². The fraction of sp³-hybridized carbons (Fsp3) is 0.923. The highest BCUT2D eigenvalue weighted by Gasteiger charge is 2.19. The van der Waals surface area contributed by atoms with E-state index in [0.717, 1.165) is 76.0 Å². The van der Waals surface area contributed by atoms with Crippen molar-refractivity contribution in [1.29, 1.82) is 0 Å². The third-order valence-electron chi connectivity index (χ3n) is 9.19. The van der Waals surface area contributed by atoms with Crippen LogP contribution < -0.4 is 0 Å². The van der Waals surface area contributed by atoms with Crippen LogP contribution in [0.2, 0.25) is 0 Å². The summed E-state index contributed by atoms with van der Waals surface area (Å²) >= 11 is 0. The van der Waals surface area contributed by atoms with Gasteiger partial charge in [0.15, 0.2) is 6.10 Å². The summed E-state index contributed by atoms with van der Waals surface area (Å²) in [7, 11) is 0. The number of hydrogen-bond acceptors (Lipinski definition) is 6. The number of carbonyl (C=O) groups is 3. The fourth-order valence-corrected chi connectivity index (χ4v) is 5.45. The Morgan fingerprint density at radius 1 is 0.444 bits per heavy atom. The van der Waals surface area contributed by atoms with Gasteiger partial charge in [0.05, 0.1) is 0 Å². The molecule has 0 saturated carbocycles. The molecule has 6 heteroatoms. The molecule has 0 spiro atoms. The van der Waals surface area contributed by atoms with Gasteiger partial charge in [-0.05, 0) is 31.1 Å². The van der Waals surface area contributed by atoms with Crippen molar-refractivity contribution in [2.45, 2.75) is 208 Å². The van der Waals surface area contributed by atoms with E-state index in [2.05, 4.69) is 34.6 Å². The van der Waals surface area contributed by atoms with Crippen LogP contribution in [0.3, 0.4) is 0 Å². The molecule has 0 heterocycles. The van der Waals surface area contributed by atoms with E-state index < -0.39 is 6.10 Å². The van der Waals surface area contributed by atoms with Gasteiger partial charge in [0.1, 0.15) is 13.2 Å². The van der Waals surface area contributed by atoms with Crippen molar-refractivity contribution in [1.82, 2.24) is 0 Å².